The van der Waals surface area contributed by atoms with E-state index in [0.29, 0.717) is 5.75 Å². The Labute approximate surface area is 115 Å². The molecular weight excluding hydrogens is 269 g/mol. The Balaban J connectivity index is 2.57. The maximum atomic E-state index is 12.7. The lowest BCUT2D eigenvalue weighted by molar-refractivity contribution is -0.143. The highest BCUT2D eigenvalue weighted by Crippen LogP contribution is 2.13. The van der Waals surface area contributed by atoms with Crippen molar-refractivity contribution in [1.29, 1.82) is 0 Å². The molecule has 0 spiro atoms. The molecule has 3 N–H and O–H groups in total. The van der Waals surface area contributed by atoms with Gasteiger partial charge in [0.2, 0.25) is 0 Å². The number of carbonyl (C=O) groups is 2. The van der Waals surface area contributed by atoms with Gasteiger partial charge in [0.05, 0.1) is 0 Å². The largest absolute Gasteiger partial charge is 0.481 e. The minimum absolute atomic E-state index is 0.0929. The molecule has 6 nitrogen and oxygen atoms in total. The standard InChI is InChI=1S/C13H16FNO5/c1-8(20-10-4-2-9(14)3-5-10)12(17)15-11(6-7-16)13(18)19/h2-5,8,11,16H,6-7H2,1H3,(H,15,17)(H,18,19). The van der Waals surface area contributed by atoms with Gasteiger partial charge in [-0.1, -0.05) is 0 Å². The zero-order valence-corrected chi connectivity index (χ0v) is 10.9. The number of carboxylic acids is 1. The molecule has 1 rings (SSSR count). The van der Waals surface area contributed by atoms with Gasteiger partial charge in [0.15, 0.2) is 6.10 Å². The van der Waals surface area contributed by atoms with Crippen molar-refractivity contribution >= 4 is 11.9 Å². The third kappa shape index (κ3) is 4.85. The molecule has 0 fully saturated rings. The monoisotopic (exact) mass is 285 g/mol. The van der Waals surface area contributed by atoms with E-state index in [9.17, 15) is 14.0 Å². The van der Waals surface area contributed by atoms with E-state index in [2.05, 4.69) is 5.32 Å². The van der Waals surface area contributed by atoms with Crippen LogP contribution in [0.4, 0.5) is 4.39 Å². The number of halogens is 1. The maximum Gasteiger partial charge on any atom is 0.326 e. The molecule has 0 heterocycles. The summed E-state index contributed by atoms with van der Waals surface area (Å²) in [7, 11) is 0. The Bertz CT molecular complexity index is 462. The van der Waals surface area contributed by atoms with Crippen LogP contribution in [0.1, 0.15) is 13.3 Å². The zero-order valence-electron chi connectivity index (χ0n) is 10.9. The molecule has 0 radical (unpaired) electrons. The van der Waals surface area contributed by atoms with E-state index in [1.807, 2.05) is 0 Å². The van der Waals surface area contributed by atoms with Gasteiger partial charge in [0, 0.05) is 13.0 Å². The molecule has 110 valence electrons. The Kier molecular flexibility index (Phi) is 5.92. The minimum Gasteiger partial charge on any atom is -0.481 e. The fourth-order valence-corrected chi connectivity index (χ4v) is 1.45. The first-order valence-corrected chi connectivity index (χ1v) is 6.00. The second kappa shape index (κ2) is 7.44. The van der Waals surface area contributed by atoms with Gasteiger partial charge in [-0.25, -0.2) is 9.18 Å². The Morgan fingerprint density at radius 2 is 1.95 bits per heavy atom. The topological polar surface area (TPSA) is 95.9 Å². The maximum absolute atomic E-state index is 12.7. The van der Waals surface area contributed by atoms with Crippen LogP contribution in [0.3, 0.4) is 0 Å². The van der Waals surface area contributed by atoms with E-state index < -0.39 is 29.8 Å². The van der Waals surface area contributed by atoms with Crippen molar-refractivity contribution in [3.05, 3.63) is 30.1 Å². The molecule has 2 unspecified atom stereocenters. The number of aliphatic hydroxyl groups is 1. The number of carboxylic acid groups (broad SMARTS) is 1. The van der Waals surface area contributed by atoms with Gasteiger partial charge in [0.1, 0.15) is 17.6 Å². The Morgan fingerprint density at radius 1 is 1.35 bits per heavy atom. The molecule has 7 heteroatoms. The van der Waals surface area contributed by atoms with Gasteiger partial charge in [-0.3, -0.25) is 4.79 Å². The number of nitrogens with one attached hydrogen (secondary N) is 1. The Morgan fingerprint density at radius 3 is 2.45 bits per heavy atom. The average Bonchev–Trinajstić information content (AvgIpc) is 2.40. The molecule has 1 aromatic rings. The molecular formula is C13H16FNO5. The molecule has 0 saturated heterocycles. The lowest BCUT2D eigenvalue weighted by Gasteiger charge is -2.18. The number of aliphatic carboxylic acids is 1. The van der Waals surface area contributed by atoms with Crippen molar-refractivity contribution in [2.24, 2.45) is 0 Å². The first kappa shape index (κ1) is 15.9. The average molecular weight is 285 g/mol. The van der Waals surface area contributed by atoms with Crippen LogP contribution in [0.15, 0.2) is 24.3 Å². The predicted octanol–water partition coefficient (Wildman–Crippen LogP) is 0.545. The van der Waals surface area contributed by atoms with Gasteiger partial charge < -0.3 is 20.3 Å². The van der Waals surface area contributed by atoms with Crippen LogP contribution in [-0.4, -0.2) is 40.8 Å². The van der Waals surface area contributed by atoms with Crippen LogP contribution >= 0.6 is 0 Å². The fourth-order valence-electron chi connectivity index (χ4n) is 1.45. The van der Waals surface area contributed by atoms with E-state index in [-0.39, 0.29) is 13.0 Å². The smallest absolute Gasteiger partial charge is 0.326 e. The minimum atomic E-state index is -1.23. The highest BCUT2D eigenvalue weighted by atomic mass is 19.1. The second-order valence-electron chi connectivity index (χ2n) is 4.13. The van der Waals surface area contributed by atoms with Gasteiger partial charge in [-0.15, -0.1) is 0 Å². The first-order valence-electron chi connectivity index (χ1n) is 6.00. The SMILES string of the molecule is CC(Oc1ccc(F)cc1)C(=O)NC(CCO)C(=O)O. The molecule has 0 aliphatic heterocycles. The summed E-state index contributed by atoms with van der Waals surface area (Å²) in [5.41, 5.74) is 0. The first-order chi connectivity index (χ1) is 9.43. The van der Waals surface area contributed by atoms with Gasteiger partial charge in [-0.2, -0.15) is 0 Å². The summed E-state index contributed by atoms with van der Waals surface area (Å²) in [6, 6.07) is 3.92. The number of hydrogen-bond donors (Lipinski definition) is 3. The number of rotatable bonds is 7. The number of benzene rings is 1. The number of amides is 1. The van der Waals surface area contributed by atoms with Crippen LogP contribution < -0.4 is 10.1 Å². The van der Waals surface area contributed by atoms with Crippen molar-refractivity contribution in [2.45, 2.75) is 25.5 Å². The van der Waals surface area contributed by atoms with Gasteiger partial charge >= 0.3 is 5.97 Å². The molecule has 1 amide bonds. The summed E-state index contributed by atoms with van der Waals surface area (Å²) in [6.45, 7) is 1.08. The van der Waals surface area contributed by atoms with Crippen molar-refractivity contribution in [2.75, 3.05) is 6.61 Å². The molecule has 0 aliphatic rings. The summed E-state index contributed by atoms with van der Waals surface area (Å²) >= 11 is 0. The molecule has 0 aliphatic carbocycles. The Hall–Kier alpha value is -2.15. The van der Waals surface area contributed by atoms with E-state index in [1.54, 1.807) is 0 Å². The van der Waals surface area contributed by atoms with E-state index in [4.69, 9.17) is 14.9 Å². The molecule has 20 heavy (non-hydrogen) atoms. The van der Waals surface area contributed by atoms with Crippen LogP contribution in [0.2, 0.25) is 0 Å². The summed E-state index contributed by atoms with van der Waals surface area (Å²) in [4.78, 5) is 22.6. The third-order valence-corrected chi connectivity index (χ3v) is 2.53. The summed E-state index contributed by atoms with van der Waals surface area (Å²) < 4.78 is 18.0. The summed E-state index contributed by atoms with van der Waals surface area (Å²) in [5.74, 6) is -2.00. The van der Waals surface area contributed by atoms with Crippen molar-refractivity contribution in [3.63, 3.8) is 0 Å². The third-order valence-electron chi connectivity index (χ3n) is 2.53. The lowest BCUT2D eigenvalue weighted by atomic mass is 10.2. The normalized spacial score (nSPS) is 13.3. The van der Waals surface area contributed by atoms with Crippen molar-refractivity contribution in [1.82, 2.24) is 5.32 Å². The number of aliphatic hydroxyl groups excluding tert-OH is 1. The molecule has 0 saturated carbocycles. The summed E-state index contributed by atoms with van der Waals surface area (Å²) in [5, 5.41) is 19.8. The van der Waals surface area contributed by atoms with Gasteiger partial charge in [0.25, 0.3) is 5.91 Å². The van der Waals surface area contributed by atoms with Crippen molar-refractivity contribution < 1.29 is 28.9 Å². The number of ether oxygens (including phenoxy) is 1. The quantitative estimate of drug-likeness (QED) is 0.679. The van der Waals surface area contributed by atoms with E-state index in [1.165, 1.54) is 31.2 Å². The molecule has 2 atom stereocenters. The fraction of sp³-hybridized carbons (Fsp3) is 0.385. The zero-order chi connectivity index (χ0) is 15.1. The van der Waals surface area contributed by atoms with Gasteiger partial charge in [-0.05, 0) is 31.2 Å². The van der Waals surface area contributed by atoms with E-state index in [0.717, 1.165) is 0 Å². The lowest BCUT2D eigenvalue weighted by Crippen LogP contribution is -2.46. The van der Waals surface area contributed by atoms with Crippen LogP contribution in [0.25, 0.3) is 0 Å². The predicted molar refractivity (Wildman–Crippen MR) is 67.8 cm³/mol. The molecule has 0 bridgehead atoms. The number of hydrogen-bond acceptors (Lipinski definition) is 4. The number of carbonyl (C=O) groups excluding carboxylic acids is 1. The van der Waals surface area contributed by atoms with E-state index >= 15 is 0 Å². The highest BCUT2D eigenvalue weighted by molar-refractivity contribution is 5.86. The molecule has 0 aromatic heterocycles. The van der Waals surface area contributed by atoms with Crippen LogP contribution in [-0.2, 0) is 9.59 Å². The van der Waals surface area contributed by atoms with Crippen molar-refractivity contribution in [3.8, 4) is 5.75 Å². The second-order valence-corrected chi connectivity index (χ2v) is 4.13. The summed E-state index contributed by atoms with van der Waals surface area (Å²) in [6.07, 6.45) is -1.04. The molecule has 1 aromatic carbocycles. The highest BCUT2D eigenvalue weighted by Gasteiger charge is 2.23. The van der Waals surface area contributed by atoms with Crippen LogP contribution in [0.5, 0.6) is 5.75 Å². The van der Waals surface area contributed by atoms with Crippen LogP contribution in [0, 0.1) is 5.82 Å².